The van der Waals surface area contributed by atoms with Gasteiger partial charge in [-0.05, 0) is 38.9 Å². The summed E-state index contributed by atoms with van der Waals surface area (Å²) in [7, 11) is 4.43. The molecule has 0 radical (unpaired) electrons. The minimum Gasteiger partial charge on any atom is -0.459 e. The first-order valence-electron chi connectivity index (χ1n) is 12.4. The van der Waals surface area contributed by atoms with Gasteiger partial charge in [-0.1, -0.05) is 91.0 Å². The number of carbonyl (C=O) groups excluding carboxylic acids is 1. The zero-order valence-corrected chi connectivity index (χ0v) is 21.5. The van der Waals surface area contributed by atoms with Gasteiger partial charge in [0.2, 0.25) is 6.29 Å². The van der Waals surface area contributed by atoms with Crippen LogP contribution < -0.4 is 4.90 Å². The van der Waals surface area contributed by atoms with E-state index in [1.165, 1.54) is 21.6 Å². The molecule has 4 atom stereocenters. The van der Waals surface area contributed by atoms with E-state index >= 15 is 0 Å². The van der Waals surface area contributed by atoms with Gasteiger partial charge in [0.15, 0.2) is 0 Å². The first kappa shape index (κ1) is 25.1. The van der Waals surface area contributed by atoms with Crippen LogP contribution in [0.3, 0.4) is 0 Å². The van der Waals surface area contributed by atoms with E-state index in [2.05, 4.69) is 109 Å². The second kappa shape index (κ2) is 10.7. The number of esters is 1. The number of hydrogen-bond acceptors (Lipinski definition) is 4. The summed E-state index contributed by atoms with van der Waals surface area (Å²) in [4.78, 5) is 19.1. The molecule has 1 heterocycles. The summed E-state index contributed by atoms with van der Waals surface area (Å²) < 4.78 is 5.75. The third kappa shape index (κ3) is 5.99. The molecule has 1 aliphatic rings. The second-order valence-corrected chi connectivity index (χ2v) is 10.5. The Bertz CT molecular complexity index is 1030. The molecule has 5 nitrogen and oxygen atoms in total. The summed E-state index contributed by atoms with van der Waals surface area (Å²) >= 11 is 0. The molecule has 3 aromatic carbocycles. The molecule has 2 unspecified atom stereocenters. The Morgan fingerprint density at radius 3 is 1.94 bits per heavy atom. The van der Waals surface area contributed by atoms with Crippen molar-refractivity contribution in [1.29, 1.82) is 0 Å². The Morgan fingerprint density at radius 1 is 0.886 bits per heavy atom. The summed E-state index contributed by atoms with van der Waals surface area (Å²) in [5, 5.41) is 0. The van der Waals surface area contributed by atoms with Crippen molar-refractivity contribution >= 4 is 5.97 Å². The lowest BCUT2D eigenvalue weighted by molar-refractivity contribution is -0.941. The third-order valence-corrected chi connectivity index (χ3v) is 6.66. The Morgan fingerprint density at radius 2 is 1.40 bits per heavy atom. The van der Waals surface area contributed by atoms with Crippen molar-refractivity contribution in [2.24, 2.45) is 0 Å². The lowest BCUT2D eigenvalue weighted by Crippen LogP contribution is -3.14. The molecule has 184 valence electrons. The van der Waals surface area contributed by atoms with Gasteiger partial charge in [-0.3, -0.25) is 4.79 Å². The van der Waals surface area contributed by atoms with Gasteiger partial charge in [0.25, 0.3) is 0 Å². The van der Waals surface area contributed by atoms with Crippen LogP contribution in [0.15, 0.2) is 91.0 Å². The van der Waals surface area contributed by atoms with Crippen LogP contribution in [0.25, 0.3) is 0 Å². The van der Waals surface area contributed by atoms with Crippen molar-refractivity contribution < 1.29 is 14.4 Å². The maximum absolute atomic E-state index is 13.0. The molecule has 35 heavy (non-hydrogen) atoms. The molecule has 3 aromatic rings. The van der Waals surface area contributed by atoms with Gasteiger partial charge in [-0.25, -0.2) is 9.80 Å². The SMILES string of the molecule is CN1C(N(CC(=O)OC(C)(C)C)Cc2ccccc2)[NH+](C)[C@H](c2ccccc2)[C@H]1c1ccccc1. The number of ether oxygens (including phenoxy) is 1. The lowest BCUT2D eigenvalue weighted by atomic mass is 9.93. The summed E-state index contributed by atoms with van der Waals surface area (Å²) in [5.74, 6) is -0.200. The fourth-order valence-electron chi connectivity index (χ4n) is 5.43. The Hall–Kier alpha value is -2.99. The monoisotopic (exact) mass is 472 g/mol. The van der Waals surface area contributed by atoms with Crippen LogP contribution in [-0.2, 0) is 16.1 Å². The Balaban J connectivity index is 1.72. The van der Waals surface area contributed by atoms with E-state index in [9.17, 15) is 4.79 Å². The third-order valence-electron chi connectivity index (χ3n) is 6.66. The van der Waals surface area contributed by atoms with E-state index < -0.39 is 5.60 Å². The quantitative estimate of drug-likeness (QED) is 0.527. The number of quaternary nitrogens is 1. The summed E-state index contributed by atoms with van der Waals surface area (Å²) in [6.07, 6.45) is -0.0156. The van der Waals surface area contributed by atoms with Crippen LogP contribution in [0.2, 0.25) is 0 Å². The number of carbonyl (C=O) groups is 1. The van der Waals surface area contributed by atoms with Crippen LogP contribution in [0, 0.1) is 0 Å². The van der Waals surface area contributed by atoms with Gasteiger partial charge in [-0.15, -0.1) is 0 Å². The van der Waals surface area contributed by atoms with Gasteiger partial charge in [0.1, 0.15) is 18.2 Å². The van der Waals surface area contributed by atoms with Crippen LogP contribution in [0.4, 0.5) is 0 Å². The van der Waals surface area contributed by atoms with Crippen LogP contribution in [-0.4, -0.2) is 48.3 Å². The predicted molar refractivity (Wildman–Crippen MR) is 140 cm³/mol. The molecule has 0 saturated carbocycles. The number of benzene rings is 3. The van der Waals surface area contributed by atoms with Crippen molar-refractivity contribution in [3.8, 4) is 0 Å². The van der Waals surface area contributed by atoms with Crippen molar-refractivity contribution in [3.05, 3.63) is 108 Å². The number of rotatable bonds is 7. The molecule has 0 aliphatic carbocycles. The number of nitrogens with zero attached hydrogens (tertiary/aromatic N) is 2. The fourth-order valence-corrected chi connectivity index (χ4v) is 5.43. The predicted octanol–water partition coefficient (Wildman–Crippen LogP) is 4.06. The van der Waals surface area contributed by atoms with Gasteiger partial charge >= 0.3 is 5.97 Å². The highest BCUT2D eigenvalue weighted by molar-refractivity contribution is 5.72. The van der Waals surface area contributed by atoms with E-state index in [1.807, 2.05) is 26.8 Å². The molecular weight excluding hydrogens is 434 g/mol. The molecule has 1 fully saturated rings. The van der Waals surface area contributed by atoms with Crippen molar-refractivity contribution in [2.45, 2.75) is 51.3 Å². The number of nitrogens with one attached hydrogen (secondary N) is 1. The van der Waals surface area contributed by atoms with Crippen LogP contribution in [0.5, 0.6) is 0 Å². The first-order chi connectivity index (χ1) is 16.7. The molecule has 0 aromatic heterocycles. The minimum atomic E-state index is -0.519. The Labute approximate surface area is 209 Å². The highest BCUT2D eigenvalue weighted by Gasteiger charge is 2.51. The molecule has 1 aliphatic heterocycles. The van der Waals surface area contributed by atoms with Crippen molar-refractivity contribution in [2.75, 3.05) is 20.6 Å². The van der Waals surface area contributed by atoms with Gasteiger partial charge in [0.05, 0.1) is 13.1 Å². The smallest absolute Gasteiger partial charge is 0.320 e. The van der Waals surface area contributed by atoms with Gasteiger partial charge in [0, 0.05) is 12.1 Å². The largest absolute Gasteiger partial charge is 0.459 e. The number of hydrogen-bond donors (Lipinski definition) is 1. The highest BCUT2D eigenvalue weighted by atomic mass is 16.6. The van der Waals surface area contributed by atoms with Crippen molar-refractivity contribution in [3.63, 3.8) is 0 Å². The van der Waals surface area contributed by atoms with E-state index in [-0.39, 0.29) is 30.9 Å². The standard InChI is InChI=1S/C30H37N3O2/c1-30(2,3)35-26(34)22-33(21-23-15-9-6-10-16-23)29-31(4)27(24-17-11-7-12-18-24)28(32(29)5)25-19-13-8-14-20-25/h6-20,27-29H,21-22H2,1-5H3/p+1/t27-,28-/m1/s1. The van der Waals surface area contributed by atoms with E-state index in [0.29, 0.717) is 6.54 Å². The van der Waals surface area contributed by atoms with Crippen LogP contribution >= 0.6 is 0 Å². The first-order valence-corrected chi connectivity index (χ1v) is 12.4. The molecule has 0 bridgehead atoms. The lowest BCUT2D eigenvalue weighted by Gasteiger charge is -2.34. The molecule has 1 saturated heterocycles. The van der Waals surface area contributed by atoms with Crippen LogP contribution in [0.1, 0.15) is 49.5 Å². The normalized spacial score (nSPS) is 22.9. The Kier molecular flexibility index (Phi) is 7.70. The molecule has 0 spiro atoms. The van der Waals surface area contributed by atoms with Gasteiger partial charge in [-0.2, -0.15) is 0 Å². The fraction of sp³-hybridized carbons (Fsp3) is 0.367. The summed E-state index contributed by atoms with van der Waals surface area (Å²) in [6.45, 7) is 6.64. The average Bonchev–Trinajstić information content (AvgIpc) is 3.09. The summed E-state index contributed by atoms with van der Waals surface area (Å²) in [5.41, 5.74) is 3.24. The zero-order valence-electron chi connectivity index (χ0n) is 21.5. The maximum atomic E-state index is 13.0. The minimum absolute atomic E-state index is 0.0156. The molecule has 0 amide bonds. The van der Waals surface area contributed by atoms with Crippen molar-refractivity contribution in [1.82, 2.24) is 9.80 Å². The van der Waals surface area contributed by atoms with E-state index in [0.717, 1.165) is 0 Å². The molecule has 4 rings (SSSR count). The topological polar surface area (TPSA) is 37.2 Å². The zero-order chi connectivity index (χ0) is 25.0. The van der Waals surface area contributed by atoms with E-state index in [4.69, 9.17) is 4.74 Å². The molecule has 5 heteroatoms. The molecule has 1 N–H and O–H groups in total. The van der Waals surface area contributed by atoms with Gasteiger partial charge < -0.3 is 9.64 Å². The average molecular weight is 473 g/mol. The molecular formula is C30H38N3O2+. The maximum Gasteiger partial charge on any atom is 0.320 e. The summed E-state index contributed by atoms with van der Waals surface area (Å²) in [6, 6.07) is 32.2. The van der Waals surface area contributed by atoms with E-state index in [1.54, 1.807) is 0 Å². The highest BCUT2D eigenvalue weighted by Crippen LogP contribution is 2.37. The number of likely N-dealkylation sites (N-methyl/N-ethyl adjacent to an activating group) is 2. The second-order valence-electron chi connectivity index (χ2n) is 10.5.